The number of carboxylic acid groups (broad SMARTS) is 1. The number of thiophene rings is 1. The number of fused-ring (bicyclic) bond motifs is 1. The monoisotopic (exact) mass is 513 g/mol. The number of imidazole rings is 1. The van der Waals surface area contributed by atoms with E-state index in [4.69, 9.17) is 0 Å². The second kappa shape index (κ2) is 10.2. The lowest BCUT2D eigenvalue weighted by molar-refractivity contribution is -0.123. The Kier molecular flexibility index (Phi) is 7.03. The predicted molar refractivity (Wildman–Crippen MR) is 133 cm³/mol. The molecule has 182 valence electrons. The molecule has 1 aromatic carbocycles. The summed E-state index contributed by atoms with van der Waals surface area (Å²) in [5.74, 6) is -1.38. The Morgan fingerprint density at radius 2 is 1.86 bits per heavy atom. The largest absolute Gasteiger partial charge is 0.508 e. The number of nitrogens with zero attached hydrogens (tertiary/aromatic N) is 2. The number of phenolic OH excluding ortho intramolecular Hbond substituents is 1. The third-order valence-electron chi connectivity index (χ3n) is 5.11. The van der Waals surface area contributed by atoms with E-state index in [0.717, 1.165) is 26.7 Å². The van der Waals surface area contributed by atoms with Crippen LogP contribution in [0.3, 0.4) is 0 Å². The van der Waals surface area contributed by atoms with E-state index in [1.807, 2.05) is 23.7 Å². The van der Waals surface area contributed by atoms with Crippen molar-refractivity contribution in [3.63, 3.8) is 0 Å². The Hall–Kier alpha value is -3.90. The first kappa shape index (κ1) is 24.2. The highest BCUT2D eigenvalue weighted by Crippen LogP contribution is 2.26. The highest BCUT2D eigenvalue weighted by atomic mass is 32.1. The number of phenols is 1. The summed E-state index contributed by atoms with van der Waals surface area (Å²) in [6, 6.07) is 6.35. The Morgan fingerprint density at radius 3 is 2.51 bits per heavy atom. The molecule has 4 aromatic rings. The van der Waals surface area contributed by atoms with Crippen LogP contribution in [0.2, 0.25) is 0 Å². The SMILES string of the molecule is Cc1cn2cc(CNC(=O)[C@H](Cc3ccc(O)cc3)NC(=O)Nc3cc(C)c(C(=O)O)s3)nc2s1. The first-order chi connectivity index (χ1) is 16.7. The van der Waals surface area contributed by atoms with E-state index < -0.39 is 23.9 Å². The maximum absolute atomic E-state index is 13.0. The molecule has 0 saturated heterocycles. The van der Waals surface area contributed by atoms with Crippen LogP contribution in [0, 0.1) is 13.8 Å². The lowest BCUT2D eigenvalue weighted by atomic mass is 10.1. The van der Waals surface area contributed by atoms with E-state index in [1.54, 1.807) is 36.5 Å². The van der Waals surface area contributed by atoms with Crippen LogP contribution in [0.5, 0.6) is 5.75 Å². The maximum Gasteiger partial charge on any atom is 0.346 e. The molecule has 0 aliphatic heterocycles. The number of rotatable bonds is 8. The normalized spacial score (nSPS) is 11.8. The second-order valence-corrected chi connectivity index (χ2v) is 10.2. The molecular formula is C23H23N5O5S2. The van der Waals surface area contributed by atoms with Gasteiger partial charge in [0.1, 0.15) is 16.7 Å². The standard InChI is InChI=1S/C23H23N5O5S2/c1-12-7-18(35-19(12)21(31)32)27-22(33)26-17(8-14-3-5-16(29)6-4-14)20(30)24-9-15-11-28-10-13(2)34-23(28)25-15/h3-7,10-11,17,29H,8-9H2,1-2H3,(H,24,30)(H,31,32)(H2,26,27,33)/t17-/m0/s1. The zero-order valence-corrected chi connectivity index (χ0v) is 20.5. The van der Waals surface area contributed by atoms with Gasteiger partial charge in [0.25, 0.3) is 0 Å². The molecule has 5 N–H and O–H groups in total. The molecule has 10 nitrogen and oxygen atoms in total. The number of urea groups is 1. The van der Waals surface area contributed by atoms with Crippen molar-refractivity contribution in [1.82, 2.24) is 20.0 Å². The number of aromatic nitrogens is 2. The molecular weight excluding hydrogens is 490 g/mol. The fourth-order valence-corrected chi connectivity index (χ4v) is 5.22. The van der Waals surface area contributed by atoms with Gasteiger partial charge in [0, 0.05) is 23.7 Å². The van der Waals surface area contributed by atoms with Crippen LogP contribution in [0.1, 0.15) is 31.4 Å². The Morgan fingerprint density at radius 1 is 1.11 bits per heavy atom. The Balaban J connectivity index is 1.44. The van der Waals surface area contributed by atoms with Gasteiger partial charge in [-0.15, -0.1) is 22.7 Å². The minimum atomic E-state index is -1.07. The Labute approximate surface area is 208 Å². The molecule has 1 atom stereocenters. The minimum absolute atomic E-state index is 0.0951. The van der Waals surface area contributed by atoms with Crippen molar-refractivity contribution in [2.24, 2.45) is 0 Å². The van der Waals surface area contributed by atoms with Gasteiger partial charge in [-0.1, -0.05) is 12.1 Å². The van der Waals surface area contributed by atoms with Crippen molar-refractivity contribution >= 4 is 50.5 Å². The lowest BCUT2D eigenvalue weighted by Gasteiger charge is -2.18. The van der Waals surface area contributed by atoms with E-state index >= 15 is 0 Å². The molecule has 0 bridgehead atoms. The van der Waals surface area contributed by atoms with E-state index in [0.29, 0.717) is 16.3 Å². The maximum atomic E-state index is 13.0. The van der Waals surface area contributed by atoms with Crippen LogP contribution in [0.15, 0.2) is 42.7 Å². The highest BCUT2D eigenvalue weighted by molar-refractivity contribution is 7.18. The lowest BCUT2D eigenvalue weighted by Crippen LogP contribution is -2.49. The number of aromatic hydroxyl groups is 1. The van der Waals surface area contributed by atoms with Crippen LogP contribution in [0.4, 0.5) is 9.80 Å². The number of benzene rings is 1. The van der Waals surface area contributed by atoms with Crippen molar-refractivity contribution in [1.29, 1.82) is 0 Å². The second-order valence-electron chi connectivity index (χ2n) is 7.93. The van der Waals surface area contributed by atoms with Gasteiger partial charge in [-0.05, 0) is 43.2 Å². The van der Waals surface area contributed by atoms with Crippen LogP contribution >= 0.6 is 22.7 Å². The van der Waals surface area contributed by atoms with Gasteiger partial charge in [0.2, 0.25) is 5.91 Å². The summed E-state index contributed by atoms with van der Waals surface area (Å²) < 4.78 is 1.90. The molecule has 12 heteroatoms. The molecule has 0 spiro atoms. The number of carbonyl (C=O) groups excluding carboxylic acids is 2. The fraction of sp³-hybridized carbons (Fsp3) is 0.217. The highest BCUT2D eigenvalue weighted by Gasteiger charge is 2.23. The summed E-state index contributed by atoms with van der Waals surface area (Å²) in [4.78, 5) is 43.5. The summed E-state index contributed by atoms with van der Waals surface area (Å²) in [6.45, 7) is 3.82. The summed E-state index contributed by atoms with van der Waals surface area (Å²) in [5, 5.41) is 27.2. The van der Waals surface area contributed by atoms with Crippen LogP contribution < -0.4 is 16.0 Å². The van der Waals surface area contributed by atoms with E-state index in [9.17, 15) is 24.6 Å². The van der Waals surface area contributed by atoms with E-state index in [1.165, 1.54) is 12.1 Å². The molecule has 35 heavy (non-hydrogen) atoms. The molecule has 0 radical (unpaired) electrons. The smallest absolute Gasteiger partial charge is 0.346 e. The molecule has 0 unspecified atom stereocenters. The van der Waals surface area contributed by atoms with Crippen molar-refractivity contribution in [3.8, 4) is 5.75 Å². The fourth-order valence-electron chi connectivity index (χ4n) is 3.48. The molecule has 0 aliphatic carbocycles. The van der Waals surface area contributed by atoms with Crippen molar-refractivity contribution in [2.75, 3.05) is 5.32 Å². The number of thiazole rings is 1. The van der Waals surface area contributed by atoms with Gasteiger partial charge < -0.3 is 20.8 Å². The first-order valence-electron chi connectivity index (χ1n) is 10.6. The first-order valence-corrected chi connectivity index (χ1v) is 12.2. The van der Waals surface area contributed by atoms with Crippen LogP contribution in [-0.4, -0.2) is 43.5 Å². The van der Waals surface area contributed by atoms with Gasteiger partial charge in [0.15, 0.2) is 4.96 Å². The van der Waals surface area contributed by atoms with E-state index in [2.05, 4.69) is 20.9 Å². The van der Waals surface area contributed by atoms with Gasteiger partial charge in [-0.2, -0.15) is 0 Å². The summed E-state index contributed by atoms with van der Waals surface area (Å²) in [5.41, 5.74) is 1.96. The third kappa shape index (κ3) is 5.97. The number of carboxylic acids is 1. The number of hydrogen-bond acceptors (Lipinski definition) is 7. The summed E-state index contributed by atoms with van der Waals surface area (Å²) >= 11 is 2.49. The predicted octanol–water partition coefficient (Wildman–Crippen LogP) is 3.53. The van der Waals surface area contributed by atoms with Gasteiger partial charge >= 0.3 is 12.0 Å². The number of aryl methyl sites for hydroxylation is 2. The van der Waals surface area contributed by atoms with Crippen molar-refractivity contribution in [3.05, 3.63) is 69.3 Å². The Bertz CT molecular complexity index is 1360. The minimum Gasteiger partial charge on any atom is -0.508 e. The number of hydrogen-bond donors (Lipinski definition) is 5. The quantitative estimate of drug-likeness (QED) is 0.244. The van der Waals surface area contributed by atoms with Gasteiger partial charge in [-0.25, -0.2) is 14.6 Å². The number of anilines is 1. The molecule has 0 saturated carbocycles. The third-order valence-corrected chi connectivity index (χ3v) is 7.16. The summed E-state index contributed by atoms with van der Waals surface area (Å²) in [6.07, 6.45) is 3.98. The van der Waals surface area contributed by atoms with Crippen LogP contribution in [-0.2, 0) is 17.8 Å². The molecule has 0 fully saturated rings. The molecule has 4 rings (SSSR count). The molecule has 0 aliphatic rings. The molecule has 3 heterocycles. The average Bonchev–Trinajstić information content (AvgIpc) is 3.45. The van der Waals surface area contributed by atoms with Crippen LogP contribution in [0.25, 0.3) is 4.96 Å². The number of nitrogens with one attached hydrogen (secondary N) is 3. The summed E-state index contributed by atoms with van der Waals surface area (Å²) in [7, 11) is 0. The zero-order chi connectivity index (χ0) is 25.1. The topological polar surface area (TPSA) is 145 Å². The average molecular weight is 514 g/mol. The number of aromatic carboxylic acids is 1. The number of carbonyl (C=O) groups is 3. The van der Waals surface area contributed by atoms with Crippen molar-refractivity contribution in [2.45, 2.75) is 32.9 Å². The van der Waals surface area contributed by atoms with Gasteiger partial charge in [-0.3, -0.25) is 14.5 Å². The molecule has 3 aromatic heterocycles. The van der Waals surface area contributed by atoms with Crippen molar-refractivity contribution < 1.29 is 24.6 Å². The number of amides is 3. The molecule has 3 amide bonds. The zero-order valence-electron chi connectivity index (χ0n) is 18.9. The van der Waals surface area contributed by atoms with E-state index in [-0.39, 0.29) is 23.6 Å². The van der Waals surface area contributed by atoms with Gasteiger partial charge in [0.05, 0.1) is 17.2 Å².